The SMILES string of the molecule is CCn1cnc(NC(=O)N2CC3CC(N(C)c4ncnc5[nH]ccc45)C[C@@H]3C2)c1. The third-order valence-electron chi connectivity index (χ3n) is 6.46. The summed E-state index contributed by atoms with van der Waals surface area (Å²) in [6.07, 6.45) is 9.27. The number of likely N-dealkylation sites (tertiary alicyclic amines) is 1. The van der Waals surface area contributed by atoms with E-state index in [9.17, 15) is 4.79 Å². The molecule has 0 spiro atoms. The Morgan fingerprint density at radius 3 is 2.79 bits per heavy atom. The van der Waals surface area contributed by atoms with Crippen molar-refractivity contribution in [3.63, 3.8) is 0 Å². The van der Waals surface area contributed by atoms with Crippen LogP contribution in [-0.4, -0.2) is 61.6 Å². The van der Waals surface area contributed by atoms with Gasteiger partial charge in [0.05, 0.1) is 11.7 Å². The Hall–Kier alpha value is -3.10. The van der Waals surface area contributed by atoms with Gasteiger partial charge < -0.3 is 19.4 Å². The van der Waals surface area contributed by atoms with E-state index in [0.717, 1.165) is 49.3 Å². The van der Waals surface area contributed by atoms with Crippen LogP contribution >= 0.6 is 0 Å². The van der Waals surface area contributed by atoms with E-state index in [4.69, 9.17) is 0 Å². The fourth-order valence-corrected chi connectivity index (χ4v) is 4.85. The lowest BCUT2D eigenvalue weighted by Crippen LogP contribution is -2.36. The second kappa shape index (κ2) is 7.06. The van der Waals surface area contributed by atoms with E-state index in [1.807, 2.05) is 34.9 Å². The minimum absolute atomic E-state index is 0.0458. The summed E-state index contributed by atoms with van der Waals surface area (Å²) < 4.78 is 1.95. The van der Waals surface area contributed by atoms with Crippen molar-refractivity contribution >= 4 is 28.7 Å². The van der Waals surface area contributed by atoms with Crippen molar-refractivity contribution < 1.29 is 4.79 Å². The van der Waals surface area contributed by atoms with Crippen molar-refractivity contribution in [1.29, 1.82) is 0 Å². The first-order valence-electron chi connectivity index (χ1n) is 10.2. The first kappa shape index (κ1) is 18.0. The lowest BCUT2D eigenvalue weighted by Gasteiger charge is -2.28. The van der Waals surface area contributed by atoms with Gasteiger partial charge >= 0.3 is 6.03 Å². The molecular weight excluding hydrogens is 368 g/mol. The number of aromatic amines is 1. The fourth-order valence-electron chi connectivity index (χ4n) is 4.85. The van der Waals surface area contributed by atoms with E-state index in [2.05, 4.69) is 37.2 Å². The van der Waals surface area contributed by atoms with Crippen LogP contribution in [0.3, 0.4) is 0 Å². The molecule has 5 rings (SSSR count). The van der Waals surface area contributed by atoms with Gasteiger partial charge in [0.2, 0.25) is 0 Å². The summed E-state index contributed by atoms with van der Waals surface area (Å²) >= 11 is 0. The number of rotatable bonds is 4. The van der Waals surface area contributed by atoms with Crippen molar-refractivity contribution in [1.82, 2.24) is 29.4 Å². The summed E-state index contributed by atoms with van der Waals surface area (Å²) in [5.74, 6) is 2.66. The smallest absolute Gasteiger partial charge is 0.323 e. The molecule has 3 aromatic heterocycles. The molecule has 9 heteroatoms. The van der Waals surface area contributed by atoms with Crippen LogP contribution in [0.25, 0.3) is 11.0 Å². The molecular formula is C20H26N8O. The lowest BCUT2D eigenvalue weighted by atomic mass is 10.0. The minimum Gasteiger partial charge on any atom is -0.356 e. The van der Waals surface area contributed by atoms with Gasteiger partial charge in [-0.05, 0) is 37.7 Å². The van der Waals surface area contributed by atoms with Crippen molar-refractivity contribution in [2.24, 2.45) is 11.8 Å². The normalized spacial score (nSPS) is 23.5. The highest BCUT2D eigenvalue weighted by atomic mass is 16.2. The highest BCUT2D eigenvalue weighted by Gasteiger charge is 2.44. The van der Waals surface area contributed by atoms with Gasteiger partial charge in [0.1, 0.15) is 17.8 Å². The Kier molecular flexibility index (Phi) is 4.37. The highest BCUT2D eigenvalue weighted by molar-refractivity contribution is 5.88. The molecule has 0 bridgehead atoms. The largest absolute Gasteiger partial charge is 0.356 e. The predicted octanol–water partition coefficient (Wildman–Crippen LogP) is 2.55. The molecule has 2 amide bonds. The molecule has 1 saturated carbocycles. The molecule has 2 aliphatic rings. The molecule has 3 atom stereocenters. The van der Waals surface area contributed by atoms with E-state index >= 15 is 0 Å². The van der Waals surface area contributed by atoms with Crippen LogP contribution in [-0.2, 0) is 6.54 Å². The van der Waals surface area contributed by atoms with Crippen molar-refractivity contribution in [3.05, 3.63) is 31.1 Å². The molecule has 152 valence electrons. The quantitative estimate of drug-likeness (QED) is 0.709. The van der Waals surface area contributed by atoms with Gasteiger partial charge in [-0.1, -0.05) is 0 Å². The number of amides is 2. The number of nitrogens with zero attached hydrogens (tertiary/aromatic N) is 6. The van der Waals surface area contributed by atoms with Gasteiger partial charge in [-0.25, -0.2) is 19.7 Å². The van der Waals surface area contributed by atoms with Gasteiger partial charge in [-0.2, -0.15) is 0 Å². The summed E-state index contributed by atoms with van der Waals surface area (Å²) in [5.41, 5.74) is 0.869. The number of anilines is 2. The Bertz CT molecular complexity index is 1010. The molecule has 0 aromatic carbocycles. The first-order chi connectivity index (χ1) is 14.1. The number of imidazole rings is 1. The minimum atomic E-state index is -0.0458. The summed E-state index contributed by atoms with van der Waals surface area (Å²) in [6.45, 7) is 4.50. The number of H-pyrrole nitrogens is 1. The van der Waals surface area contributed by atoms with Crippen LogP contribution < -0.4 is 10.2 Å². The van der Waals surface area contributed by atoms with Gasteiger partial charge in [0.15, 0.2) is 5.82 Å². The number of hydrogen-bond acceptors (Lipinski definition) is 5. The zero-order chi connectivity index (χ0) is 20.0. The lowest BCUT2D eigenvalue weighted by molar-refractivity contribution is 0.218. The van der Waals surface area contributed by atoms with Crippen molar-refractivity contribution in [2.75, 3.05) is 30.4 Å². The zero-order valence-electron chi connectivity index (χ0n) is 16.7. The molecule has 29 heavy (non-hydrogen) atoms. The van der Waals surface area contributed by atoms with Crippen LogP contribution in [0.5, 0.6) is 0 Å². The fraction of sp³-hybridized carbons (Fsp3) is 0.500. The molecule has 1 aliphatic heterocycles. The van der Waals surface area contributed by atoms with Gasteiger partial charge in [-0.3, -0.25) is 5.32 Å². The summed E-state index contributed by atoms with van der Waals surface area (Å²) in [4.78, 5) is 33.1. The number of aryl methyl sites for hydroxylation is 1. The van der Waals surface area contributed by atoms with Gasteiger partial charge in [0.25, 0.3) is 0 Å². The van der Waals surface area contributed by atoms with E-state index in [1.165, 1.54) is 0 Å². The Balaban J connectivity index is 1.21. The van der Waals surface area contributed by atoms with Crippen molar-refractivity contribution in [2.45, 2.75) is 32.4 Å². The molecule has 3 aromatic rings. The van der Waals surface area contributed by atoms with E-state index < -0.39 is 0 Å². The Morgan fingerprint density at radius 2 is 2.07 bits per heavy atom. The second-order valence-electron chi connectivity index (χ2n) is 8.12. The van der Waals surface area contributed by atoms with Crippen LogP contribution in [0.2, 0.25) is 0 Å². The number of nitrogens with one attached hydrogen (secondary N) is 2. The average molecular weight is 394 g/mol. The number of aromatic nitrogens is 5. The molecule has 2 unspecified atom stereocenters. The van der Waals surface area contributed by atoms with Gasteiger partial charge in [0, 0.05) is 45.1 Å². The number of hydrogen-bond donors (Lipinski definition) is 2. The maximum atomic E-state index is 12.6. The summed E-state index contributed by atoms with van der Waals surface area (Å²) in [6, 6.07) is 2.42. The topological polar surface area (TPSA) is 95.0 Å². The van der Waals surface area contributed by atoms with Gasteiger partial charge in [-0.15, -0.1) is 0 Å². The molecule has 2 N–H and O–H groups in total. The first-order valence-corrected chi connectivity index (χ1v) is 10.2. The number of fused-ring (bicyclic) bond motifs is 2. The monoisotopic (exact) mass is 394 g/mol. The van der Waals surface area contributed by atoms with Crippen LogP contribution in [0.4, 0.5) is 16.4 Å². The van der Waals surface area contributed by atoms with Crippen molar-refractivity contribution in [3.8, 4) is 0 Å². The number of urea groups is 1. The molecule has 0 radical (unpaired) electrons. The Labute approximate surface area is 169 Å². The molecule has 2 fully saturated rings. The molecule has 9 nitrogen and oxygen atoms in total. The number of carbonyl (C=O) groups is 1. The standard InChI is InChI=1S/C20H26N8O/c1-3-27-10-17(24-12-27)25-20(29)28-8-13-6-15(7-14(13)9-28)26(2)19-16-4-5-21-18(16)22-11-23-19/h4-5,10-15H,3,6-9H2,1-2H3,(H,25,29)(H,21,22,23)/t13-,14?,15?/m1/s1. The maximum absolute atomic E-state index is 12.6. The Morgan fingerprint density at radius 1 is 1.28 bits per heavy atom. The van der Waals surface area contributed by atoms with E-state index in [-0.39, 0.29) is 6.03 Å². The van der Waals surface area contributed by atoms with Crippen LogP contribution in [0, 0.1) is 11.8 Å². The van der Waals surface area contributed by atoms with Crippen LogP contribution in [0.1, 0.15) is 19.8 Å². The summed E-state index contributed by atoms with van der Waals surface area (Å²) in [5, 5.41) is 3.98. The second-order valence-corrected chi connectivity index (χ2v) is 8.12. The third kappa shape index (κ3) is 3.20. The third-order valence-corrected chi connectivity index (χ3v) is 6.46. The molecule has 1 aliphatic carbocycles. The van der Waals surface area contributed by atoms with E-state index in [0.29, 0.717) is 23.7 Å². The molecule has 4 heterocycles. The predicted molar refractivity (Wildman–Crippen MR) is 111 cm³/mol. The van der Waals surface area contributed by atoms with Crippen LogP contribution in [0.15, 0.2) is 31.1 Å². The number of carbonyl (C=O) groups excluding carboxylic acids is 1. The maximum Gasteiger partial charge on any atom is 0.323 e. The van der Waals surface area contributed by atoms with E-state index in [1.54, 1.807) is 12.7 Å². The molecule has 1 saturated heterocycles. The zero-order valence-corrected chi connectivity index (χ0v) is 16.7. The average Bonchev–Trinajstić information content (AvgIpc) is 3.48. The highest BCUT2D eigenvalue weighted by Crippen LogP contribution is 2.41. The summed E-state index contributed by atoms with van der Waals surface area (Å²) in [7, 11) is 2.12.